The molecule has 3 aromatic heterocycles. The van der Waals surface area contributed by atoms with Crippen LogP contribution in [0.2, 0.25) is 0 Å². The van der Waals surface area contributed by atoms with Gasteiger partial charge in [0.25, 0.3) is 0 Å². The second kappa shape index (κ2) is 5.50. The Morgan fingerprint density at radius 1 is 1.10 bits per heavy atom. The van der Waals surface area contributed by atoms with Crippen LogP contribution in [0.4, 0.5) is 0 Å². The molecule has 0 aliphatic carbocycles. The molecule has 100 valence electrons. The summed E-state index contributed by atoms with van der Waals surface area (Å²) in [5, 5.41) is 8.36. The van der Waals surface area contributed by atoms with E-state index in [0.29, 0.717) is 0 Å². The summed E-state index contributed by atoms with van der Waals surface area (Å²) in [6.45, 7) is 2.04. The molecule has 0 saturated heterocycles. The maximum absolute atomic E-state index is 4.34. The van der Waals surface area contributed by atoms with Crippen molar-refractivity contribution in [2.75, 3.05) is 0 Å². The largest absolute Gasteiger partial charge is 0.259 e. The molecular weight excluding hydrogens is 318 g/mol. The van der Waals surface area contributed by atoms with Gasteiger partial charge in [-0.3, -0.25) is 9.97 Å². The van der Waals surface area contributed by atoms with Crippen molar-refractivity contribution in [3.8, 4) is 11.4 Å². The van der Waals surface area contributed by atoms with Gasteiger partial charge in [-0.05, 0) is 47.1 Å². The summed E-state index contributed by atoms with van der Waals surface area (Å²) in [5.74, 6) is 0. The van der Waals surface area contributed by atoms with E-state index < -0.39 is 0 Å². The molecule has 6 heteroatoms. The maximum Gasteiger partial charge on any atom is 0.132 e. The monoisotopic (exact) mass is 329 g/mol. The Bertz CT molecular complexity index is 710. The third-order valence-electron chi connectivity index (χ3n) is 3.02. The highest BCUT2D eigenvalue weighted by Gasteiger charge is 2.14. The van der Waals surface area contributed by atoms with E-state index in [1.165, 1.54) is 0 Å². The minimum atomic E-state index is 0.0277. The van der Waals surface area contributed by atoms with Gasteiger partial charge in [-0.1, -0.05) is 11.3 Å². The standard InChI is InChI=1S/C14H12BrN5/c1-10(12-6-2-3-7-16-12)20-9-13(18-19-20)14-11(15)5-4-8-17-14/h2-10H,1H3/t10-/m0/s1. The topological polar surface area (TPSA) is 56.5 Å². The predicted molar refractivity (Wildman–Crippen MR) is 79.0 cm³/mol. The van der Waals surface area contributed by atoms with Crippen LogP contribution < -0.4 is 0 Å². The Hall–Kier alpha value is -2.08. The van der Waals surface area contributed by atoms with Crippen molar-refractivity contribution in [1.82, 2.24) is 25.0 Å². The summed E-state index contributed by atoms with van der Waals surface area (Å²) in [6.07, 6.45) is 5.40. The molecule has 0 aromatic carbocycles. The molecule has 0 radical (unpaired) electrons. The van der Waals surface area contributed by atoms with Crippen molar-refractivity contribution in [3.05, 3.63) is 59.1 Å². The molecule has 0 unspecified atom stereocenters. The lowest BCUT2D eigenvalue weighted by atomic mass is 10.2. The average Bonchev–Trinajstić information content (AvgIpc) is 2.97. The highest BCUT2D eigenvalue weighted by molar-refractivity contribution is 9.10. The molecule has 0 aliphatic rings. The zero-order valence-corrected chi connectivity index (χ0v) is 12.4. The van der Waals surface area contributed by atoms with Crippen LogP contribution in [0.25, 0.3) is 11.4 Å². The second-order valence-corrected chi connectivity index (χ2v) is 5.20. The van der Waals surface area contributed by atoms with E-state index in [0.717, 1.165) is 21.6 Å². The Morgan fingerprint density at radius 3 is 2.70 bits per heavy atom. The van der Waals surface area contributed by atoms with Crippen LogP contribution in [0.1, 0.15) is 18.7 Å². The lowest BCUT2D eigenvalue weighted by Gasteiger charge is -2.09. The van der Waals surface area contributed by atoms with E-state index in [1.807, 2.05) is 43.5 Å². The van der Waals surface area contributed by atoms with Crippen LogP contribution >= 0.6 is 15.9 Å². The Balaban J connectivity index is 1.93. The number of pyridine rings is 2. The first-order valence-electron chi connectivity index (χ1n) is 6.19. The fraction of sp³-hybridized carbons (Fsp3) is 0.143. The Kier molecular flexibility index (Phi) is 3.56. The summed E-state index contributed by atoms with van der Waals surface area (Å²) < 4.78 is 2.69. The minimum absolute atomic E-state index is 0.0277. The van der Waals surface area contributed by atoms with E-state index >= 15 is 0 Å². The number of nitrogens with zero attached hydrogens (tertiary/aromatic N) is 5. The van der Waals surface area contributed by atoms with Gasteiger partial charge >= 0.3 is 0 Å². The third-order valence-corrected chi connectivity index (χ3v) is 3.66. The van der Waals surface area contributed by atoms with E-state index in [-0.39, 0.29) is 6.04 Å². The molecule has 3 heterocycles. The van der Waals surface area contributed by atoms with Crippen molar-refractivity contribution in [2.45, 2.75) is 13.0 Å². The SMILES string of the molecule is C[C@@H](c1ccccn1)n1cc(-c2ncccc2Br)nn1. The Labute approximate surface area is 124 Å². The smallest absolute Gasteiger partial charge is 0.132 e. The van der Waals surface area contributed by atoms with E-state index in [4.69, 9.17) is 0 Å². The van der Waals surface area contributed by atoms with Gasteiger partial charge in [-0.15, -0.1) is 5.10 Å². The highest BCUT2D eigenvalue weighted by atomic mass is 79.9. The summed E-state index contributed by atoms with van der Waals surface area (Å²) in [4.78, 5) is 8.66. The van der Waals surface area contributed by atoms with Crippen molar-refractivity contribution in [3.63, 3.8) is 0 Å². The molecule has 0 amide bonds. The van der Waals surface area contributed by atoms with Gasteiger partial charge < -0.3 is 0 Å². The fourth-order valence-corrected chi connectivity index (χ4v) is 2.37. The minimum Gasteiger partial charge on any atom is -0.259 e. The Morgan fingerprint density at radius 2 is 1.95 bits per heavy atom. The van der Waals surface area contributed by atoms with Gasteiger partial charge in [-0.25, -0.2) is 4.68 Å². The number of aromatic nitrogens is 5. The van der Waals surface area contributed by atoms with E-state index in [1.54, 1.807) is 17.1 Å². The lowest BCUT2D eigenvalue weighted by molar-refractivity contribution is 0.532. The molecule has 0 fully saturated rings. The average molecular weight is 330 g/mol. The summed E-state index contributed by atoms with van der Waals surface area (Å²) in [6, 6.07) is 9.67. The highest BCUT2D eigenvalue weighted by Crippen LogP contribution is 2.24. The molecule has 0 saturated carbocycles. The number of rotatable bonds is 3. The van der Waals surface area contributed by atoms with Gasteiger partial charge in [0.15, 0.2) is 0 Å². The van der Waals surface area contributed by atoms with Gasteiger partial charge in [-0.2, -0.15) is 0 Å². The zero-order valence-electron chi connectivity index (χ0n) is 10.8. The molecule has 5 nitrogen and oxygen atoms in total. The second-order valence-electron chi connectivity index (χ2n) is 4.35. The number of hydrogen-bond acceptors (Lipinski definition) is 4. The van der Waals surface area contributed by atoms with Crippen molar-refractivity contribution in [1.29, 1.82) is 0 Å². The fourth-order valence-electron chi connectivity index (χ4n) is 1.91. The van der Waals surface area contributed by atoms with Crippen LogP contribution in [0.15, 0.2) is 53.4 Å². The molecule has 3 aromatic rings. The summed E-state index contributed by atoms with van der Waals surface area (Å²) >= 11 is 3.47. The molecule has 0 aliphatic heterocycles. The van der Waals surface area contributed by atoms with Crippen LogP contribution in [-0.4, -0.2) is 25.0 Å². The van der Waals surface area contributed by atoms with Crippen molar-refractivity contribution >= 4 is 15.9 Å². The van der Waals surface area contributed by atoms with Crippen molar-refractivity contribution in [2.24, 2.45) is 0 Å². The number of halogens is 1. The first-order chi connectivity index (χ1) is 9.75. The maximum atomic E-state index is 4.34. The quantitative estimate of drug-likeness (QED) is 0.740. The van der Waals surface area contributed by atoms with Crippen LogP contribution in [0.5, 0.6) is 0 Å². The molecule has 0 bridgehead atoms. The normalized spacial score (nSPS) is 12.3. The van der Waals surface area contributed by atoms with Gasteiger partial charge in [0, 0.05) is 16.9 Å². The van der Waals surface area contributed by atoms with Gasteiger partial charge in [0.05, 0.1) is 17.9 Å². The molecule has 0 spiro atoms. The zero-order chi connectivity index (χ0) is 13.9. The first kappa shape index (κ1) is 12.9. The summed E-state index contributed by atoms with van der Waals surface area (Å²) in [5.41, 5.74) is 2.47. The van der Waals surface area contributed by atoms with Gasteiger partial charge in [0.1, 0.15) is 11.4 Å². The van der Waals surface area contributed by atoms with E-state index in [2.05, 4.69) is 36.2 Å². The molecule has 0 N–H and O–H groups in total. The molecule has 3 rings (SSSR count). The van der Waals surface area contributed by atoms with Crippen molar-refractivity contribution < 1.29 is 0 Å². The van der Waals surface area contributed by atoms with Crippen LogP contribution in [0, 0.1) is 0 Å². The van der Waals surface area contributed by atoms with Crippen LogP contribution in [0.3, 0.4) is 0 Å². The predicted octanol–water partition coefficient (Wildman–Crippen LogP) is 3.11. The molecular formula is C14H12BrN5. The van der Waals surface area contributed by atoms with E-state index in [9.17, 15) is 0 Å². The molecule has 1 atom stereocenters. The first-order valence-corrected chi connectivity index (χ1v) is 6.98. The van der Waals surface area contributed by atoms with Gasteiger partial charge in [0.2, 0.25) is 0 Å². The lowest BCUT2D eigenvalue weighted by Crippen LogP contribution is -2.08. The molecule has 20 heavy (non-hydrogen) atoms. The van der Waals surface area contributed by atoms with Crippen LogP contribution in [-0.2, 0) is 0 Å². The number of hydrogen-bond donors (Lipinski definition) is 0. The summed E-state index contributed by atoms with van der Waals surface area (Å²) in [7, 11) is 0. The third kappa shape index (κ3) is 2.46.